The van der Waals surface area contributed by atoms with Crippen LogP contribution in [0, 0.1) is 6.92 Å². The van der Waals surface area contributed by atoms with Crippen LogP contribution in [0.4, 0.5) is 10.5 Å². The maximum atomic E-state index is 11.9. The number of hydrogen-bond donors (Lipinski definition) is 3. The zero-order chi connectivity index (χ0) is 14.4. The highest BCUT2D eigenvalue weighted by Gasteiger charge is 2.17. The second-order valence-electron chi connectivity index (χ2n) is 4.04. The first-order chi connectivity index (χ1) is 9.01. The van der Waals surface area contributed by atoms with Crippen LogP contribution in [-0.4, -0.2) is 46.8 Å². The van der Waals surface area contributed by atoms with E-state index in [9.17, 15) is 9.59 Å². The highest BCUT2D eigenvalue weighted by molar-refractivity contribution is 6.01. The highest BCUT2D eigenvalue weighted by Crippen LogP contribution is 2.19. The molecule has 104 valence electrons. The Morgan fingerprint density at radius 3 is 2.58 bits per heavy atom. The molecular formula is C13H18N2O4. The zero-order valence-corrected chi connectivity index (χ0v) is 11.0. The molecule has 0 fully saturated rings. The smallest absolute Gasteiger partial charge is 0.338 e. The average molecular weight is 266 g/mol. The summed E-state index contributed by atoms with van der Waals surface area (Å²) >= 11 is 0. The monoisotopic (exact) mass is 266 g/mol. The fourth-order valence-corrected chi connectivity index (χ4v) is 1.77. The van der Waals surface area contributed by atoms with Gasteiger partial charge in [-0.25, -0.2) is 9.59 Å². The number of carbonyl (C=O) groups excluding carboxylic acids is 1. The molecule has 0 saturated heterocycles. The number of aromatic carboxylic acids is 1. The number of aliphatic hydroxyl groups excluding tert-OH is 1. The molecule has 0 aliphatic heterocycles. The predicted molar refractivity (Wildman–Crippen MR) is 71.5 cm³/mol. The van der Waals surface area contributed by atoms with Gasteiger partial charge in [-0.1, -0.05) is 12.1 Å². The largest absolute Gasteiger partial charge is 0.478 e. The SMILES string of the molecule is CCN(CCO)C(=O)Nc1cccc(C)c1C(=O)O. The summed E-state index contributed by atoms with van der Waals surface area (Å²) in [5.41, 5.74) is 0.917. The molecule has 0 atom stereocenters. The number of carboxylic acid groups (broad SMARTS) is 1. The summed E-state index contributed by atoms with van der Waals surface area (Å²) in [7, 11) is 0. The first-order valence-corrected chi connectivity index (χ1v) is 6.01. The fourth-order valence-electron chi connectivity index (χ4n) is 1.77. The molecule has 0 unspecified atom stereocenters. The number of carboxylic acids is 1. The standard InChI is InChI=1S/C13H18N2O4/c1-3-15(7-8-16)13(19)14-10-6-4-5-9(2)11(10)12(17)18/h4-6,16H,3,7-8H2,1-2H3,(H,14,19)(H,17,18). The molecule has 6 nitrogen and oxygen atoms in total. The number of urea groups is 1. The number of benzene rings is 1. The number of rotatable bonds is 5. The summed E-state index contributed by atoms with van der Waals surface area (Å²) < 4.78 is 0. The summed E-state index contributed by atoms with van der Waals surface area (Å²) in [6, 6.07) is 4.47. The number of anilines is 1. The molecule has 0 aromatic heterocycles. The summed E-state index contributed by atoms with van der Waals surface area (Å²) in [5.74, 6) is -1.08. The van der Waals surface area contributed by atoms with E-state index in [1.54, 1.807) is 32.0 Å². The average Bonchev–Trinajstić information content (AvgIpc) is 2.35. The molecule has 0 bridgehead atoms. The lowest BCUT2D eigenvalue weighted by molar-refractivity contribution is 0.0697. The van der Waals surface area contributed by atoms with E-state index in [0.29, 0.717) is 12.1 Å². The lowest BCUT2D eigenvalue weighted by atomic mass is 10.1. The van der Waals surface area contributed by atoms with Gasteiger partial charge in [0.1, 0.15) is 0 Å². The van der Waals surface area contributed by atoms with Crippen LogP contribution in [0.1, 0.15) is 22.8 Å². The van der Waals surface area contributed by atoms with Crippen LogP contribution >= 0.6 is 0 Å². The minimum absolute atomic E-state index is 0.0795. The van der Waals surface area contributed by atoms with Gasteiger partial charge < -0.3 is 20.4 Å². The van der Waals surface area contributed by atoms with E-state index in [0.717, 1.165) is 0 Å². The van der Waals surface area contributed by atoms with E-state index in [-0.39, 0.29) is 24.4 Å². The molecule has 0 aliphatic carbocycles. The Hall–Kier alpha value is -2.08. The maximum Gasteiger partial charge on any atom is 0.338 e. The minimum atomic E-state index is -1.08. The summed E-state index contributed by atoms with van der Waals surface area (Å²) in [6.45, 7) is 3.95. The van der Waals surface area contributed by atoms with Gasteiger partial charge in [0.15, 0.2) is 0 Å². The van der Waals surface area contributed by atoms with Crippen LogP contribution in [0.2, 0.25) is 0 Å². The molecule has 0 aliphatic rings. The van der Waals surface area contributed by atoms with Crippen LogP contribution in [0.3, 0.4) is 0 Å². The number of aryl methyl sites for hydroxylation is 1. The molecule has 0 radical (unpaired) electrons. The van der Waals surface area contributed by atoms with Crippen molar-refractivity contribution in [3.8, 4) is 0 Å². The van der Waals surface area contributed by atoms with Crippen molar-refractivity contribution in [1.29, 1.82) is 0 Å². The Morgan fingerprint density at radius 1 is 1.37 bits per heavy atom. The normalized spacial score (nSPS) is 10.1. The molecule has 1 aromatic carbocycles. The van der Waals surface area contributed by atoms with Gasteiger partial charge >= 0.3 is 12.0 Å². The molecule has 1 rings (SSSR count). The van der Waals surface area contributed by atoms with Crippen molar-refractivity contribution in [3.63, 3.8) is 0 Å². The van der Waals surface area contributed by atoms with Crippen molar-refractivity contribution < 1.29 is 19.8 Å². The van der Waals surface area contributed by atoms with Gasteiger partial charge in [-0.15, -0.1) is 0 Å². The number of amides is 2. The Kier molecular flexibility index (Phi) is 5.32. The Balaban J connectivity index is 2.96. The summed E-state index contributed by atoms with van der Waals surface area (Å²) in [4.78, 5) is 24.5. The third-order valence-electron chi connectivity index (χ3n) is 2.77. The van der Waals surface area contributed by atoms with Crippen molar-refractivity contribution in [1.82, 2.24) is 4.90 Å². The van der Waals surface area contributed by atoms with E-state index in [1.165, 1.54) is 4.90 Å². The Bertz CT molecular complexity index is 474. The predicted octanol–water partition coefficient (Wildman–Crippen LogP) is 1.54. The van der Waals surface area contributed by atoms with Crippen molar-refractivity contribution in [2.24, 2.45) is 0 Å². The van der Waals surface area contributed by atoms with Gasteiger partial charge in [0.2, 0.25) is 0 Å². The van der Waals surface area contributed by atoms with Gasteiger partial charge in [-0.2, -0.15) is 0 Å². The first kappa shape index (κ1) is 15.0. The lowest BCUT2D eigenvalue weighted by Gasteiger charge is -2.21. The highest BCUT2D eigenvalue weighted by atomic mass is 16.4. The molecule has 1 aromatic rings. The Morgan fingerprint density at radius 2 is 2.05 bits per heavy atom. The fraction of sp³-hybridized carbons (Fsp3) is 0.385. The van der Waals surface area contributed by atoms with Gasteiger partial charge in [0, 0.05) is 13.1 Å². The second-order valence-corrected chi connectivity index (χ2v) is 4.04. The number of hydrogen-bond acceptors (Lipinski definition) is 3. The minimum Gasteiger partial charge on any atom is -0.478 e. The topological polar surface area (TPSA) is 89.9 Å². The molecule has 3 N–H and O–H groups in total. The van der Waals surface area contributed by atoms with Crippen LogP contribution in [0.5, 0.6) is 0 Å². The molecule has 0 heterocycles. The number of carbonyl (C=O) groups is 2. The third-order valence-corrected chi connectivity index (χ3v) is 2.77. The maximum absolute atomic E-state index is 11.9. The van der Waals surface area contributed by atoms with Crippen LogP contribution in [0.25, 0.3) is 0 Å². The van der Waals surface area contributed by atoms with Crippen molar-refractivity contribution in [3.05, 3.63) is 29.3 Å². The van der Waals surface area contributed by atoms with E-state index in [4.69, 9.17) is 10.2 Å². The van der Waals surface area contributed by atoms with Crippen molar-refractivity contribution in [2.45, 2.75) is 13.8 Å². The van der Waals surface area contributed by atoms with Crippen LogP contribution in [0.15, 0.2) is 18.2 Å². The zero-order valence-electron chi connectivity index (χ0n) is 11.0. The van der Waals surface area contributed by atoms with Gasteiger partial charge in [-0.3, -0.25) is 0 Å². The van der Waals surface area contributed by atoms with E-state index < -0.39 is 12.0 Å². The number of nitrogens with one attached hydrogen (secondary N) is 1. The van der Waals surface area contributed by atoms with Crippen LogP contribution < -0.4 is 5.32 Å². The quantitative estimate of drug-likeness (QED) is 0.754. The summed E-state index contributed by atoms with van der Waals surface area (Å²) in [6.07, 6.45) is 0. The van der Waals surface area contributed by atoms with Crippen LogP contribution in [-0.2, 0) is 0 Å². The van der Waals surface area contributed by atoms with Crippen molar-refractivity contribution in [2.75, 3.05) is 25.0 Å². The van der Waals surface area contributed by atoms with Gasteiger partial charge in [0.05, 0.1) is 17.9 Å². The number of aliphatic hydroxyl groups is 1. The molecule has 19 heavy (non-hydrogen) atoms. The number of nitrogens with zero attached hydrogens (tertiary/aromatic N) is 1. The van der Waals surface area contributed by atoms with Gasteiger partial charge in [0.25, 0.3) is 0 Å². The van der Waals surface area contributed by atoms with E-state index in [2.05, 4.69) is 5.32 Å². The third kappa shape index (κ3) is 3.69. The Labute approximate surface area is 111 Å². The first-order valence-electron chi connectivity index (χ1n) is 6.01. The van der Waals surface area contributed by atoms with E-state index in [1.807, 2.05) is 0 Å². The molecular weight excluding hydrogens is 248 g/mol. The molecule has 2 amide bonds. The van der Waals surface area contributed by atoms with Crippen molar-refractivity contribution >= 4 is 17.7 Å². The molecule has 0 saturated carbocycles. The number of likely N-dealkylation sites (N-methyl/N-ethyl adjacent to an activating group) is 1. The molecule has 0 spiro atoms. The summed E-state index contributed by atoms with van der Waals surface area (Å²) in [5, 5.41) is 20.6. The van der Waals surface area contributed by atoms with Gasteiger partial charge in [-0.05, 0) is 25.5 Å². The van der Waals surface area contributed by atoms with E-state index >= 15 is 0 Å². The second kappa shape index (κ2) is 6.75. The lowest BCUT2D eigenvalue weighted by Crippen LogP contribution is -2.37. The molecule has 6 heteroatoms.